The van der Waals surface area contributed by atoms with Gasteiger partial charge in [0.05, 0.1) is 40.6 Å². The van der Waals surface area contributed by atoms with E-state index in [4.69, 9.17) is 11.0 Å². The number of nitrogens with zero attached hydrogens (tertiary/aromatic N) is 4. The Morgan fingerprint density at radius 3 is 2.44 bits per heavy atom. The standard InChI is InChI=1S/C25H19F3N6O2/c1-13-4-3-5-18-20(13)17(23(30)35)10-19(31-18)24(36)32-21-14(2)34(33-22(21)25(26,27)28)12-16-8-6-15(11-29)7-9-16/h3-10H,12H2,1-2H3,(H2,30,35)(H,32,36). The van der Waals surface area contributed by atoms with E-state index in [0.29, 0.717) is 27.6 Å². The lowest BCUT2D eigenvalue weighted by molar-refractivity contribution is -0.140. The minimum Gasteiger partial charge on any atom is -0.366 e. The summed E-state index contributed by atoms with van der Waals surface area (Å²) in [5.41, 5.74) is 5.57. The molecule has 4 aromatic rings. The number of carbonyl (C=O) groups is 2. The molecule has 11 heteroatoms. The number of benzene rings is 2. The van der Waals surface area contributed by atoms with Crippen molar-refractivity contribution in [2.75, 3.05) is 5.32 Å². The molecule has 0 radical (unpaired) electrons. The zero-order valence-corrected chi connectivity index (χ0v) is 19.1. The molecule has 2 aromatic carbocycles. The second kappa shape index (κ2) is 9.14. The number of carbonyl (C=O) groups excluding carboxylic acids is 2. The van der Waals surface area contributed by atoms with Crippen LogP contribution < -0.4 is 11.1 Å². The number of hydrogen-bond donors (Lipinski definition) is 2. The van der Waals surface area contributed by atoms with E-state index in [2.05, 4.69) is 15.4 Å². The van der Waals surface area contributed by atoms with Gasteiger partial charge in [-0.15, -0.1) is 0 Å². The van der Waals surface area contributed by atoms with Gasteiger partial charge in [0.15, 0.2) is 5.69 Å². The Morgan fingerprint density at radius 2 is 1.83 bits per heavy atom. The fourth-order valence-electron chi connectivity index (χ4n) is 3.86. The first-order valence-corrected chi connectivity index (χ1v) is 10.6. The van der Waals surface area contributed by atoms with E-state index in [-0.39, 0.29) is 23.5 Å². The molecule has 0 aliphatic carbocycles. The summed E-state index contributed by atoms with van der Waals surface area (Å²) in [5, 5.41) is 15.3. The summed E-state index contributed by atoms with van der Waals surface area (Å²) in [6, 6.07) is 14.4. The molecule has 2 aromatic heterocycles. The Morgan fingerprint density at radius 1 is 1.14 bits per heavy atom. The monoisotopic (exact) mass is 492 g/mol. The molecule has 0 atom stereocenters. The number of halogens is 3. The second-order valence-electron chi connectivity index (χ2n) is 8.12. The number of rotatable bonds is 5. The molecule has 0 spiro atoms. The molecular formula is C25H19F3N6O2. The van der Waals surface area contributed by atoms with Crippen molar-refractivity contribution in [2.24, 2.45) is 5.73 Å². The summed E-state index contributed by atoms with van der Waals surface area (Å²) in [6.07, 6.45) is -4.85. The highest BCUT2D eigenvalue weighted by Crippen LogP contribution is 2.36. The summed E-state index contributed by atoms with van der Waals surface area (Å²) in [6.45, 7) is 3.13. The van der Waals surface area contributed by atoms with Gasteiger partial charge in [-0.3, -0.25) is 14.3 Å². The molecule has 0 fully saturated rings. The van der Waals surface area contributed by atoms with Gasteiger partial charge in [-0.25, -0.2) is 4.98 Å². The first kappa shape index (κ1) is 24.4. The molecule has 4 rings (SSSR count). The van der Waals surface area contributed by atoms with Crippen LogP contribution in [0.5, 0.6) is 0 Å². The largest absolute Gasteiger partial charge is 0.437 e. The van der Waals surface area contributed by atoms with E-state index in [0.717, 1.165) is 10.7 Å². The number of fused-ring (bicyclic) bond motifs is 1. The fraction of sp³-hybridized carbons (Fsp3) is 0.160. The number of nitriles is 1. The molecule has 0 aliphatic heterocycles. The third-order valence-corrected chi connectivity index (χ3v) is 5.67. The number of nitrogens with two attached hydrogens (primary N) is 1. The van der Waals surface area contributed by atoms with Gasteiger partial charge in [-0.1, -0.05) is 24.3 Å². The number of amides is 2. The van der Waals surface area contributed by atoms with Crippen LogP contribution >= 0.6 is 0 Å². The number of anilines is 1. The average molecular weight is 492 g/mol. The predicted octanol–water partition coefficient (Wildman–Crippen LogP) is 4.34. The molecule has 3 N–H and O–H groups in total. The van der Waals surface area contributed by atoms with Crippen molar-refractivity contribution in [2.45, 2.75) is 26.6 Å². The lowest BCUT2D eigenvalue weighted by Crippen LogP contribution is -2.20. The maximum Gasteiger partial charge on any atom is 0.437 e. The molecule has 8 nitrogen and oxygen atoms in total. The highest BCUT2D eigenvalue weighted by Gasteiger charge is 2.39. The molecule has 182 valence electrons. The average Bonchev–Trinajstić information content (AvgIpc) is 3.14. The zero-order valence-electron chi connectivity index (χ0n) is 19.1. The van der Waals surface area contributed by atoms with Crippen LogP contribution in [0.4, 0.5) is 18.9 Å². The fourth-order valence-corrected chi connectivity index (χ4v) is 3.86. The van der Waals surface area contributed by atoms with Crippen LogP contribution in [0, 0.1) is 25.2 Å². The number of aromatic nitrogens is 3. The number of alkyl halides is 3. The van der Waals surface area contributed by atoms with Crippen LogP contribution in [0.2, 0.25) is 0 Å². The Balaban J connectivity index is 1.74. The van der Waals surface area contributed by atoms with Crippen molar-refractivity contribution >= 4 is 28.4 Å². The maximum atomic E-state index is 13.8. The Labute approximate surface area is 203 Å². The molecule has 2 amide bonds. The molecule has 0 bridgehead atoms. The Kier molecular flexibility index (Phi) is 6.20. The van der Waals surface area contributed by atoms with Crippen molar-refractivity contribution < 1.29 is 22.8 Å². The lowest BCUT2D eigenvalue weighted by Gasteiger charge is -2.11. The highest BCUT2D eigenvalue weighted by atomic mass is 19.4. The second-order valence-corrected chi connectivity index (χ2v) is 8.12. The third kappa shape index (κ3) is 4.61. The van der Waals surface area contributed by atoms with Gasteiger partial charge < -0.3 is 11.1 Å². The first-order valence-electron chi connectivity index (χ1n) is 10.6. The summed E-state index contributed by atoms with van der Waals surface area (Å²) in [4.78, 5) is 29.3. The van der Waals surface area contributed by atoms with Crippen molar-refractivity contribution in [3.63, 3.8) is 0 Å². The summed E-state index contributed by atoms with van der Waals surface area (Å²) in [5.74, 6) is -1.75. The van der Waals surface area contributed by atoms with E-state index in [1.807, 2.05) is 6.07 Å². The van der Waals surface area contributed by atoms with E-state index >= 15 is 0 Å². The van der Waals surface area contributed by atoms with Gasteiger partial charge in [0.1, 0.15) is 5.69 Å². The lowest BCUT2D eigenvalue weighted by atomic mass is 10.0. The van der Waals surface area contributed by atoms with Gasteiger partial charge in [0.25, 0.3) is 5.91 Å². The number of nitrogens with one attached hydrogen (secondary N) is 1. The van der Waals surface area contributed by atoms with E-state index in [9.17, 15) is 22.8 Å². The van der Waals surface area contributed by atoms with Gasteiger partial charge in [-0.2, -0.15) is 23.5 Å². The minimum atomic E-state index is -4.85. The Bertz CT molecular complexity index is 1550. The van der Waals surface area contributed by atoms with Crippen LogP contribution in [0.1, 0.15) is 48.9 Å². The van der Waals surface area contributed by atoms with Crippen LogP contribution in [0.25, 0.3) is 10.9 Å². The first-order chi connectivity index (χ1) is 17.0. The van der Waals surface area contributed by atoms with Crippen molar-refractivity contribution in [1.29, 1.82) is 5.26 Å². The Hall–Kier alpha value is -4.72. The number of pyridine rings is 1. The number of aryl methyl sites for hydroxylation is 1. The van der Waals surface area contributed by atoms with Crippen LogP contribution in [-0.2, 0) is 12.7 Å². The molecule has 0 saturated carbocycles. The van der Waals surface area contributed by atoms with E-state index in [1.165, 1.54) is 6.92 Å². The summed E-state index contributed by atoms with van der Waals surface area (Å²) in [7, 11) is 0. The van der Waals surface area contributed by atoms with Crippen LogP contribution in [0.15, 0.2) is 48.5 Å². The minimum absolute atomic E-state index is 0.0180. The molecular weight excluding hydrogens is 473 g/mol. The molecule has 0 aliphatic rings. The van der Waals surface area contributed by atoms with Gasteiger partial charge >= 0.3 is 6.18 Å². The van der Waals surface area contributed by atoms with Crippen LogP contribution in [-0.4, -0.2) is 26.6 Å². The zero-order chi connectivity index (χ0) is 26.2. The van der Waals surface area contributed by atoms with E-state index in [1.54, 1.807) is 49.4 Å². The van der Waals surface area contributed by atoms with Gasteiger partial charge in [0.2, 0.25) is 5.91 Å². The third-order valence-electron chi connectivity index (χ3n) is 5.67. The SMILES string of the molecule is Cc1cccc2nc(C(=O)Nc3c(C(F)(F)F)nn(Cc4ccc(C#N)cc4)c3C)cc(C(N)=O)c12. The van der Waals surface area contributed by atoms with Gasteiger partial charge in [0, 0.05) is 5.39 Å². The van der Waals surface area contributed by atoms with E-state index < -0.39 is 29.4 Å². The van der Waals surface area contributed by atoms with Crippen molar-refractivity contribution in [3.05, 3.63) is 87.9 Å². The highest BCUT2D eigenvalue weighted by molar-refractivity contribution is 6.11. The maximum absolute atomic E-state index is 13.8. The molecule has 0 saturated heterocycles. The molecule has 0 unspecified atom stereocenters. The topological polar surface area (TPSA) is 127 Å². The quantitative estimate of drug-likeness (QED) is 0.429. The molecule has 2 heterocycles. The smallest absolute Gasteiger partial charge is 0.366 e. The van der Waals surface area contributed by atoms with Crippen molar-refractivity contribution in [1.82, 2.24) is 14.8 Å². The molecule has 36 heavy (non-hydrogen) atoms. The van der Waals surface area contributed by atoms with Crippen molar-refractivity contribution in [3.8, 4) is 6.07 Å². The van der Waals surface area contributed by atoms with Gasteiger partial charge in [-0.05, 0) is 49.2 Å². The van der Waals surface area contributed by atoms with Crippen LogP contribution in [0.3, 0.4) is 0 Å². The summed E-state index contributed by atoms with van der Waals surface area (Å²) < 4.78 is 42.6. The normalized spacial score (nSPS) is 11.3. The number of primary amides is 1. The summed E-state index contributed by atoms with van der Waals surface area (Å²) >= 11 is 0. The predicted molar refractivity (Wildman–Crippen MR) is 125 cm³/mol. The number of hydrogen-bond acceptors (Lipinski definition) is 5.